The molecule has 536 valence electrons. The average Bonchev–Trinajstić information content (AvgIpc) is 0.643. The lowest BCUT2D eigenvalue weighted by atomic mass is 11.9. The Morgan fingerprint density at radius 1 is 0.225 bits per heavy atom. The summed E-state index contributed by atoms with van der Waals surface area (Å²) in [4.78, 5) is 322. The van der Waals surface area contributed by atoms with Gasteiger partial charge < -0.3 is 186 Å². The maximum Gasteiger partial charge on any atom is 0.338 e. The summed E-state index contributed by atoms with van der Waals surface area (Å²) >= 11 is 0. The monoisotopic (exact) mass is 2000 g/mol. The van der Waals surface area contributed by atoms with E-state index in [0.717, 1.165) is 0 Å². The second-order valence-electron chi connectivity index (χ2n) is 20.6. The van der Waals surface area contributed by atoms with Crippen LogP contribution in [-0.4, -0.2) is 491 Å². The van der Waals surface area contributed by atoms with E-state index in [9.17, 15) is 125 Å². The van der Waals surface area contributed by atoms with Gasteiger partial charge in [0.25, 0.3) is 108 Å². The minimum Gasteiger partial charge on any atom is -0.442 e. The Morgan fingerprint density at radius 3 is 0.640 bits per heavy atom. The quantitative estimate of drug-likeness (QED) is 0.0251. The first-order valence-corrected chi connectivity index (χ1v) is 130. The molecule has 89 heavy (non-hydrogen) atoms. The van der Waals surface area contributed by atoms with Gasteiger partial charge in [0.1, 0.15) is 0 Å². The van der Waals surface area contributed by atoms with Crippen LogP contribution in [0.15, 0.2) is 0 Å². The van der Waals surface area contributed by atoms with E-state index in [4.69, 9.17) is 61.7 Å². The Hall–Kier alpha value is 7.47. The third-order valence-electron chi connectivity index (χ3n) is 14.6. The van der Waals surface area contributed by atoms with Gasteiger partial charge in [-0.25, -0.2) is 0 Å². The first-order chi connectivity index (χ1) is 41.9. The molecule has 0 rings (SSSR count). The van der Waals surface area contributed by atoms with Crippen molar-refractivity contribution in [2.75, 3.05) is 0 Å². The molecule has 0 spiro atoms. The molecule has 0 heterocycles. The van der Waals surface area contributed by atoms with Crippen molar-refractivity contribution in [3.63, 3.8) is 0 Å². The van der Waals surface area contributed by atoms with Crippen molar-refractivity contribution in [2.45, 2.75) is 39.3 Å². The van der Waals surface area contributed by atoms with Gasteiger partial charge in [-0.15, -0.1) is 0 Å². The third-order valence-corrected chi connectivity index (χ3v) is 430. The zero-order valence-corrected chi connectivity index (χ0v) is 103. The molecule has 0 saturated heterocycles. The third kappa shape index (κ3) is 19.8. The van der Waals surface area contributed by atoms with Gasteiger partial charge in [-0.2, -0.15) is 0 Å². The molecule has 0 aliphatic heterocycles. The molecule has 0 atom stereocenters. The van der Waals surface area contributed by atoms with Crippen molar-refractivity contribution >= 4 is 367 Å². The van der Waals surface area contributed by atoms with Gasteiger partial charge in [-0.1, -0.05) is 0 Å². The molecule has 0 amide bonds. The first kappa shape index (κ1) is 96.5. The van der Waals surface area contributed by atoms with E-state index >= 15 is 0 Å². The highest BCUT2D eigenvalue weighted by Gasteiger charge is 2.99. The largest absolute Gasteiger partial charge is 0.442 e. The van der Waals surface area contributed by atoms with Crippen LogP contribution in [0, 0.1) is 0 Å². The van der Waals surface area contributed by atoms with E-state index in [1.165, 1.54) is 13.1 Å². The summed E-state index contributed by atoms with van der Waals surface area (Å²) in [6, 6.07) is 0. The lowest BCUT2D eigenvalue weighted by Gasteiger charge is -2.71. The van der Waals surface area contributed by atoms with Crippen molar-refractivity contribution in [1.82, 2.24) is 0 Å². The summed E-state index contributed by atoms with van der Waals surface area (Å²) in [6.45, 7) is -40.4. The van der Waals surface area contributed by atoms with Crippen LogP contribution < -0.4 is 0 Å². The van der Waals surface area contributed by atoms with Crippen molar-refractivity contribution in [1.29, 1.82) is 0 Å². The van der Waals surface area contributed by atoms with E-state index in [-0.39, 0.29) is 0 Å². The minimum absolute atomic E-state index is 1.28. The molecule has 0 unspecified atom stereocenters. The van der Waals surface area contributed by atoms with Gasteiger partial charge in [-0.05, 0) is 39.3 Å². The fraction of sp³-hybridized carbons (Fsp3) is 1.00. The molecular formula is C6H98O41Si42. The predicted molar refractivity (Wildman–Crippen MR) is 426 cm³/mol. The van der Waals surface area contributed by atoms with Crippen LogP contribution in [0.2, 0.25) is 39.3 Å². The Bertz CT molecular complexity index is 1750. The summed E-state index contributed by atoms with van der Waals surface area (Å²) in [5.74, 6) is 0. The molecule has 0 aliphatic carbocycles. The topological polar surface area (TPSA) is 664 Å². The van der Waals surface area contributed by atoms with E-state index in [2.05, 4.69) is 0 Å². The van der Waals surface area contributed by atoms with Crippen LogP contribution in [0.3, 0.4) is 0 Å². The Morgan fingerprint density at radius 2 is 0.449 bits per heavy atom. The number of hydrogen-bond donors (Lipinski definition) is 26. The molecule has 0 aromatic heterocycles. The normalized spacial score (nSPS) is 25.3. The lowest BCUT2D eigenvalue weighted by Crippen LogP contribution is -3.14. The van der Waals surface area contributed by atoms with Crippen LogP contribution in [0.1, 0.15) is 0 Å². The smallest absolute Gasteiger partial charge is 0.338 e. The highest BCUT2D eigenvalue weighted by molar-refractivity contribution is 8.23. The Kier molecular flexibility index (Phi) is 48.2. The second-order valence-corrected chi connectivity index (χ2v) is 252. The summed E-state index contributed by atoms with van der Waals surface area (Å²) in [5, 5.41) is 0. The van der Waals surface area contributed by atoms with Gasteiger partial charge >= 0.3 is 46.5 Å². The Balaban J connectivity index is 14.3. The predicted octanol–water partition coefficient (Wildman–Crippen LogP) is -42.5. The molecule has 0 aliphatic rings. The molecule has 0 saturated carbocycles. The minimum atomic E-state index is -7.59. The van der Waals surface area contributed by atoms with E-state index < -0.39 is 367 Å². The standard InChI is InChI=1S/C6H98O41Si42/c1-74(2)41-76(5,6)43-81(88(84(66-25,67-26)37-52-11,85(68-27,69-28)38-53-12)45-77(56-15,57-16)33-48-7,89(86(70-29,71-30)39-54-13,87(72-31,73-32)40-55-14)46-78(58-17,59-18)34-49-8)47-80(82(62-21,63-22)35-50-9,83(64-23,65-24)36-51-10)44-79(60-19,61-20)42-75(3)4/h7-32,74-75H,48-73H2,1-6H3. The van der Waals surface area contributed by atoms with Gasteiger partial charge in [0.2, 0.25) is 83.2 Å². The maximum atomic E-state index is 13.1. The van der Waals surface area contributed by atoms with Crippen LogP contribution in [-0.2, 0) is 61.7 Å². The number of rotatable bonds is 56. The average molecular weight is 2010 g/mol. The fourth-order valence-electron chi connectivity index (χ4n) is 10.7. The fourth-order valence-corrected chi connectivity index (χ4v) is 748. The summed E-state index contributed by atoms with van der Waals surface area (Å²) in [5.41, 5.74) is 0. The van der Waals surface area contributed by atoms with Gasteiger partial charge in [0.15, 0.2) is 129 Å². The van der Waals surface area contributed by atoms with E-state index in [1.54, 1.807) is 26.2 Å². The van der Waals surface area contributed by atoms with Gasteiger partial charge in [-0.3, -0.25) is 0 Å². The van der Waals surface area contributed by atoms with Crippen LogP contribution >= 0.6 is 0 Å². The molecule has 0 fully saturated rings. The summed E-state index contributed by atoms with van der Waals surface area (Å²) < 4.78 is 106. The SMILES string of the molecule is C[SiH](C)O[Si](C)(C)O[Si](O[Si](O[Si](O[SiH](C)C)([SiH2]O)[SiH2]O)([Si](O[SiH2]O)([SiH2]O)[SiH2]O)[Si](O[SiH2]O)([SiH2]O)[SiH2]O)([Si](O[Si](O[SiH2]O)([SiH2]O)[SiH2]O)([Si](O[SiH2]O)([SiH2]O)[SiH2]O)[Si](O[SiH2]O)([SiH2]O)[SiH2]O)[Si](O[Si](O[SiH2]O)([SiH2]O)[SiH2]O)([Si](O[SiH2]O)([SiH2]O)[SiH2]O)[Si](O[SiH2]O)([SiH2]O)[SiH2]O. The molecule has 0 bridgehead atoms. The highest BCUT2D eigenvalue weighted by atomic mass is 30.5. The van der Waals surface area contributed by atoms with E-state index in [0.29, 0.717) is 0 Å². The van der Waals surface area contributed by atoms with E-state index in [1.807, 2.05) is 0 Å². The summed E-state index contributed by atoms with van der Waals surface area (Å²) in [6.07, 6.45) is 0. The Labute approximate surface area is 586 Å². The van der Waals surface area contributed by atoms with Gasteiger partial charge in [0, 0.05) is 0 Å². The second kappa shape index (κ2) is 44.4. The molecule has 26 N–H and O–H groups in total. The molecule has 0 aromatic rings. The number of hydrogen-bond acceptors (Lipinski definition) is 41. The van der Waals surface area contributed by atoms with Gasteiger partial charge in [0.05, 0.1) is 0 Å². The lowest BCUT2D eigenvalue weighted by molar-refractivity contribution is 0.296. The molecule has 83 heteroatoms. The zero-order valence-electron chi connectivity index (χ0n) is 50.3. The molecule has 0 aromatic carbocycles. The molecular weight excluding hydrogens is 1910 g/mol. The van der Waals surface area contributed by atoms with Crippen molar-refractivity contribution < 1.29 is 186 Å². The van der Waals surface area contributed by atoms with Crippen LogP contribution in [0.25, 0.3) is 0 Å². The van der Waals surface area contributed by atoms with Crippen molar-refractivity contribution in [3.05, 3.63) is 0 Å². The molecule has 41 nitrogen and oxygen atoms in total. The van der Waals surface area contributed by atoms with Crippen LogP contribution in [0.4, 0.5) is 0 Å². The molecule has 0 radical (unpaired) electrons. The van der Waals surface area contributed by atoms with Crippen molar-refractivity contribution in [3.8, 4) is 0 Å². The van der Waals surface area contributed by atoms with Crippen LogP contribution in [0.5, 0.6) is 0 Å². The maximum absolute atomic E-state index is 13.1. The highest BCUT2D eigenvalue weighted by Crippen LogP contribution is 2.54. The first-order valence-electron chi connectivity index (χ1n) is 26.8. The van der Waals surface area contributed by atoms with Crippen molar-refractivity contribution in [2.24, 2.45) is 0 Å². The zero-order chi connectivity index (χ0) is 69.1. The summed E-state index contributed by atoms with van der Waals surface area (Å²) in [7, 11) is -131.